The van der Waals surface area contributed by atoms with Gasteiger partial charge in [-0.2, -0.15) is 0 Å². The van der Waals surface area contributed by atoms with E-state index in [1.165, 1.54) is 12.3 Å². The van der Waals surface area contributed by atoms with Gasteiger partial charge < -0.3 is 14.8 Å². The quantitative estimate of drug-likeness (QED) is 0.760. The van der Waals surface area contributed by atoms with E-state index in [1.54, 1.807) is 0 Å². The summed E-state index contributed by atoms with van der Waals surface area (Å²) in [6, 6.07) is 1.34. The molecule has 1 aromatic rings. The molecule has 0 aromatic carbocycles. The minimum atomic E-state index is -1.07. The second-order valence-corrected chi connectivity index (χ2v) is 3.98. The first kappa shape index (κ1) is 10.9. The Balaban J connectivity index is 2.11. The molecule has 5 heteroatoms. The van der Waals surface area contributed by atoms with Gasteiger partial charge in [-0.1, -0.05) is 0 Å². The number of nitrogens with one attached hydrogen (secondary N) is 1. The molecule has 0 aliphatic carbocycles. The van der Waals surface area contributed by atoms with E-state index in [1.807, 2.05) is 6.92 Å². The Labute approximate surface area is 92.4 Å². The Morgan fingerprint density at radius 2 is 2.25 bits per heavy atom. The van der Waals surface area contributed by atoms with Gasteiger partial charge in [-0.15, -0.1) is 0 Å². The van der Waals surface area contributed by atoms with Crippen LogP contribution in [0.25, 0.3) is 0 Å². The van der Waals surface area contributed by atoms with Gasteiger partial charge in [-0.3, -0.25) is 4.79 Å². The van der Waals surface area contributed by atoms with Crippen molar-refractivity contribution >= 4 is 11.8 Å². The maximum Gasteiger partial charge on any atom is 0.352 e. The minimum absolute atomic E-state index is 0.0226. The lowest BCUT2D eigenvalue weighted by Crippen LogP contribution is -2.20. The molecule has 1 aliphatic heterocycles. The van der Waals surface area contributed by atoms with Crippen LogP contribution in [0.4, 0.5) is 0 Å². The maximum absolute atomic E-state index is 11.9. The number of carboxylic acids is 1. The summed E-state index contributed by atoms with van der Waals surface area (Å²) in [5.74, 6) is -1.21. The number of aromatic nitrogens is 1. The lowest BCUT2D eigenvalue weighted by molar-refractivity contribution is 0.0433. The number of hydrogen-bond donors (Lipinski definition) is 2. The average molecular weight is 223 g/mol. The molecule has 0 saturated carbocycles. The molecule has 5 nitrogen and oxygen atoms in total. The molecule has 2 unspecified atom stereocenters. The third-order valence-corrected chi connectivity index (χ3v) is 2.72. The molecule has 1 aromatic heterocycles. The van der Waals surface area contributed by atoms with Crippen molar-refractivity contribution in [1.29, 1.82) is 0 Å². The third kappa shape index (κ3) is 1.99. The fourth-order valence-electron chi connectivity index (χ4n) is 1.84. The highest BCUT2D eigenvalue weighted by atomic mass is 16.5. The fraction of sp³-hybridized carbons (Fsp3) is 0.455. The molecule has 2 heterocycles. The van der Waals surface area contributed by atoms with E-state index in [0.717, 1.165) is 6.42 Å². The van der Waals surface area contributed by atoms with Crippen LogP contribution in [0.1, 0.15) is 40.6 Å². The molecule has 1 saturated heterocycles. The summed E-state index contributed by atoms with van der Waals surface area (Å²) in [5.41, 5.74) is 0.394. The van der Waals surface area contributed by atoms with Gasteiger partial charge in [0.25, 0.3) is 0 Å². The number of hydrogen-bond acceptors (Lipinski definition) is 3. The summed E-state index contributed by atoms with van der Waals surface area (Å²) in [7, 11) is 0. The summed E-state index contributed by atoms with van der Waals surface area (Å²) in [5, 5.41) is 8.71. The minimum Gasteiger partial charge on any atom is -0.477 e. The van der Waals surface area contributed by atoms with Crippen LogP contribution in [-0.4, -0.2) is 34.1 Å². The second kappa shape index (κ2) is 4.09. The smallest absolute Gasteiger partial charge is 0.352 e. The monoisotopic (exact) mass is 223 g/mol. The summed E-state index contributed by atoms with van der Waals surface area (Å²) in [6.07, 6.45) is 2.66. The summed E-state index contributed by atoms with van der Waals surface area (Å²) in [6.45, 7) is 1.92. The molecule has 0 spiro atoms. The lowest BCUT2D eigenvalue weighted by atomic mass is 10.1. The second-order valence-electron chi connectivity index (χ2n) is 3.98. The van der Waals surface area contributed by atoms with Crippen molar-refractivity contribution in [3.05, 3.63) is 23.5 Å². The number of aromatic carboxylic acids is 1. The first-order valence-corrected chi connectivity index (χ1v) is 5.19. The van der Waals surface area contributed by atoms with E-state index in [9.17, 15) is 9.59 Å². The molecule has 2 atom stereocenters. The van der Waals surface area contributed by atoms with Gasteiger partial charge in [-0.05, 0) is 25.8 Å². The Kier molecular flexibility index (Phi) is 2.78. The number of H-pyrrole nitrogens is 1. The standard InChI is InChI=1S/C11H13NO4/c1-6-2-3-9(16-6)10(13)7-4-8(11(14)15)12-5-7/h4-6,9,12H,2-3H2,1H3,(H,14,15). The highest BCUT2D eigenvalue weighted by molar-refractivity contribution is 6.01. The van der Waals surface area contributed by atoms with E-state index in [2.05, 4.69) is 4.98 Å². The molecule has 1 fully saturated rings. The van der Waals surface area contributed by atoms with Gasteiger partial charge >= 0.3 is 5.97 Å². The van der Waals surface area contributed by atoms with Crippen LogP contribution >= 0.6 is 0 Å². The Morgan fingerprint density at radius 3 is 2.75 bits per heavy atom. The average Bonchev–Trinajstić information content (AvgIpc) is 2.84. The zero-order chi connectivity index (χ0) is 11.7. The Morgan fingerprint density at radius 1 is 1.50 bits per heavy atom. The largest absolute Gasteiger partial charge is 0.477 e. The van der Waals surface area contributed by atoms with Crippen LogP contribution in [0.5, 0.6) is 0 Å². The first-order valence-electron chi connectivity index (χ1n) is 5.19. The molecule has 0 amide bonds. The van der Waals surface area contributed by atoms with Gasteiger partial charge in [0.1, 0.15) is 11.8 Å². The highest BCUT2D eigenvalue weighted by Crippen LogP contribution is 2.22. The summed E-state index contributed by atoms with van der Waals surface area (Å²) < 4.78 is 5.44. The van der Waals surface area contributed by atoms with Crippen molar-refractivity contribution in [3.63, 3.8) is 0 Å². The van der Waals surface area contributed by atoms with Crippen LogP contribution in [0.2, 0.25) is 0 Å². The van der Waals surface area contributed by atoms with Crippen molar-refractivity contribution < 1.29 is 19.4 Å². The van der Waals surface area contributed by atoms with Crippen molar-refractivity contribution in [2.24, 2.45) is 0 Å². The number of carbonyl (C=O) groups is 2. The molecular weight excluding hydrogens is 210 g/mol. The maximum atomic E-state index is 11.9. The molecule has 86 valence electrons. The molecule has 2 N–H and O–H groups in total. The van der Waals surface area contributed by atoms with E-state index in [0.29, 0.717) is 12.0 Å². The first-order chi connectivity index (χ1) is 7.58. The molecular formula is C11H13NO4. The van der Waals surface area contributed by atoms with Gasteiger partial charge in [-0.25, -0.2) is 4.79 Å². The zero-order valence-corrected chi connectivity index (χ0v) is 8.90. The highest BCUT2D eigenvalue weighted by Gasteiger charge is 2.29. The van der Waals surface area contributed by atoms with Crippen LogP contribution < -0.4 is 0 Å². The van der Waals surface area contributed by atoms with Crippen molar-refractivity contribution in [3.8, 4) is 0 Å². The van der Waals surface area contributed by atoms with Crippen molar-refractivity contribution in [1.82, 2.24) is 4.98 Å². The van der Waals surface area contributed by atoms with E-state index in [4.69, 9.17) is 9.84 Å². The number of carboxylic acid groups (broad SMARTS) is 1. The van der Waals surface area contributed by atoms with Crippen LogP contribution in [0.15, 0.2) is 12.3 Å². The molecule has 0 bridgehead atoms. The molecule has 1 aliphatic rings. The van der Waals surface area contributed by atoms with Gasteiger partial charge in [0, 0.05) is 11.8 Å². The van der Waals surface area contributed by atoms with E-state index < -0.39 is 12.1 Å². The number of rotatable bonds is 3. The van der Waals surface area contributed by atoms with E-state index in [-0.39, 0.29) is 17.6 Å². The van der Waals surface area contributed by atoms with Crippen LogP contribution in [0.3, 0.4) is 0 Å². The van der Waals surface area contributed by atoms with Gasteiger partial charge in [0.2, 0.25) is 0 Å². The Bertz CT molecular complexity index is 423. The number of Topliss-reactive ketones (excluding diaryl/α,β-unsaturated/α-hetero) is 1. The van der Waals surface area contributed by atoms with Crippen molar-refractivity contribution in [2.45, 2.75) is 32.0 Å². The lowest BCUT2D eigenvalue weighted by Gasteiger charge is -2.07. The zero-order valence-electron chi connectivity index (χ0n) is 8.90. The van der Waals surface area contributed by atoms with Crippen molar-refractivity contribution in [2.75, 3.05) is 0 Å². The fourth-order valence-corrected chi connectivity index (χ4v) is 1.84. The summed E-state index contributed by atoms with van der Waals surface area (Å²) >= 11 is 0. The number of ketones is 1. The molecule has 2 rings (SSSR count). The number of aromatic amines is 1. The third-order valence-electron chi connectivity index (χ3n) is 2.72. The summed E-state index contributed by atoms with van der Waals surface area (Å²) in [4.78, 5) is 25.1. The topological polar surface area (TPSA) is 79.4 Å². The van der Waals surface area contributed by atoms with Gasteiger partial charge in [0.15, 0.2) is 5.78 Å². The SMILES string of the molecule is CC1CCC(C(=O)c2c[nH]c(C(=O)O)c2)O1. The molecule has 0 radical (unpaired) electrons. The predicted molar refractivity (Wildman–Crippen MR) is 55.7 cm³/mol. The van der Waals surface area contributed by atoms with Crippen LogP contribution in [-0.2, 0) is 4.74 Å². The Hall–Kier alpha value is -1.62. The number of ether oxygens (including phenoxy) is 1. The molecule has 16 heavy (non-hydrogen) atoms. The van der Waals surface area contributed by atoms with E-state index >= 15 is 0 Å². The number of carbonyl (C=O) groups excluding carboxylic acids is 1. The van der Waals surface area contributed by atoms with Gasteiger partial charge in [0.05, 0.1) is 6.10 Å². The predicted octanol–water partition coefficient (Wildman–Crippen LogP) is 1.46. The van der Waals surface area contributed by atoms with Crippen LogP contribution in [0, 0.1) is 0 Å². The normalized spacial score (nSPS) is 24.6.